The minimum Gasteiger partial charge on any atom is -0.347 e. The van der Waals surface area contributed by atoms with Crippen LogP contribution in [0, 0.1) is 0 Å². The van der Waals surface area contributed by atoms with E-state index in [1.807, 2.05) is 6.20 Å². The number of hydrogen-bond acceptors (Lipinski definition) is 3. The summed E-state index contributed by atoms with van der Waals surface area (Å²) < 4.78 is 0. The fourth-order valence-electron chi connectivity index (χ4n) is 2.57. The molecule has 0 fully saturated rings. The number of carbonyl (C=O) groups excluding carboxylic acids is 1. The number of nitrogens with one attached hydrogen (secondary N) is 2. The Bertz CT molecular complexity index is 625. The normalized spacial score (nSPS) is 17.6. The lowest BCUT2D eigenvalue weighted by molar-refractivity contribution is -0.121. The molecule has 0 bridgehead atoms. The molecule has 2 aromatic rings. The topological polar surface area (TPSA) is 70.7 Å². The molecule has 5 nitrogen and oxygen atoms in total. The van der Waals surface area contributed by atoms with E-state index in [2.05, 4.69) is 20.5 Å². The quantitative estimate of drug-likeness (QED) is 0.910. The Balaban J connectivity index is 1.68. The molecule has 3 rings (SSSR count). The van der Waals surface area contributed by atoms with E-state index in [9.17, 15) is 4.79 Å². The number of fused-ring (bicyclic) bond motifs is 1. The highest BCUT2D eigenvalue weighted by Gasteiger charge is 2.23. The second-order valence-electron chi connectivity index (χ2n) is 4.97. The molecule has 0 spiro atoms. The molecule has 2 aromatic heterocycles. The first-order chi connectivity index (χ1) is 9.74. The summed E-state index contributed by atoms with van der Waals surface area (Å²) >= 11 is 6.04. The lowest BCUT2D eigenvalue weighted by atomic mass is 9.93. The number of H-pyrrole nitrogens is 1. The van der Waals surface area contributed by atoms with E-state index in [0.29, 0.717) is 5.02 Å². The van der Waals surface area contributed by atoms with Crippen molar-refractivity contribution in [2.75, 3.05) is 0 Å². The van der Waals surface area contributed by atoms with Gasteiger partial charge in [0.05, 0.1) is 24.4 Å². The number of aryl methyl sites for hydroxylation is 1. The Kier molecular flexibility index (Phi) is 3.69. The van der Waals surface area contributed by atoms with Crippen LogP contribution in [0.2, 0.25) is 5.02 Å². The largest absolute Gasteiger partial charge is 0.347 e. The second-order valence-corrected chi connectivity index (χ2v) is 5.37. The van der Waals surface area contributed by atoms with Crippen molar-refractivity contribution in [3.63, 3.8) is 0 Å². The number of halogens is 1. The molecule has 0 saturated carbocycles. The van der Waals surface area contributed by atoms with Gasteiger partial charge in [-0.25, -0.2) is 0 Å². The first-order valence-electron chi connectivity index (χ1n) is 6.64. The van der Waals surface area contributed by atoms with Gasteiger partial charge in [-0.1, -0.05) is 11.6 Å². The van der Waals surface area contributed by atoms with Crippen LogP contribution >= 0.6 is 11.6 Å². The monoisotopic (exact) mass is 290 g/mol. The molecular weight excluding hydrogens is 276 g/mol. The number of aromatic amines is 1. The van der Waals surface area contributed by atoms with Crippen LogP contribution in [0.4, 0.5) is 0 Å². The van der Waals surface area contributed by atoms with Gasteiger partial charge in [0, 0.05) is 17.4 Å². The lowest BCUT2D eigenvalue weighted by Gasteiger charge is -2.23. The van der Waals surface area contributed by atoms with Crippen LogP contribution in [0.25, 0.3) is 0 Å². The first kappa shape index (κ1) is 13.1. The Hall–Kier alpha value is -1.88. The van der Waals surface area contributed by atoms with E-state index in [1.54, 1.807) is 18.5 Å². The lowest BCUT2D eigenvalue weighted by Crippen LogP contribution is -2.32. The number of nitrogens with zero attached hydrogens (tertiary/aromatic N) is 2. The zero-order chi connectivity index (χ0) is 13.9. The van der Waals surface area contributed by atoms with Crippen molar-refractivity contribution in [1.29, 1.82) is 0 Å². The Morgan fingerprint density at radius 3 is 3.25 bits per heavy atom. The highest BCUT2D eigenvalue weighted by molar-refractivity contribution is 6.31. The summed E-state index contributed by atoms with van der Waals surface area (Å²) in [6, 6.07) is 1.71. The Morgan fingerprint density at radius 1 is 1.50 bits per heavy atom. The van der Waals surface area contributed by atoms with E-state index in [0.717, 1.165) is 30.5 Å². The Morgan fingerprint density at radius 2 is 2.40 bits per heavy atom. The standard InChI is InChI=1S/C14H15ClN4O/c15-11-4-5-16-7-10(11)6-13(20)18-12-3-1-2-9-8-17-19-14(9)12/h4-5,7-8,12H,1-3,6H2,(H,17,19)(H,18,20). The molecule has 20 heavy (non-hydrogen) atoms. The van der Waals surface area contributed by atoms with E-state index >= 15 is 0 Å². The summed E-state index contributed by atoms with van der Waals surface area (Å²) in [6.07, 6.45) is 8.34. The zero-order valence-electron chi connectivity index (χ0n) is 10.9. The predicted molar refractivity (Wildman–Crippen MR) is 75.4 cm³/mol. The van der Waals surface area contributed by atoms with Crippen molar-refractivity contribution >= 4 is 17.5 Å². The molecular formula is C14H15ClN4O. The summed E-state index contributed by atoms with van der Waals surface area (Å²) in [5, 5.41) is 10.6. The van der Waals surface area contributed by atoms with Gasteiger partial charge >= 0.3 is 0 Å². The summed E-state index contributed by atoms with van der Waals surface area (Å²) in [7, 11) is 0. The van der Waals surface area contributed by atoms with E-state index < -0.39 is 0 Å². The van der Waals surface area contributed by atoms with Crippen LogP contribution < -0.4 is 5.32 Å². The number of pyridine rings is 1. The summed E-state index contributed by atoms with van der Waals surface area (Å²) in [6.45, 7) is 0. The van der Waals surface area contributed by atoms with Crippen molar-refractivity contribution in [1.82, 2.24) is 20.5 Å². The van der Waals surface area contributed by atoms with Crippen LogP contribution in [0.5, 0.6) is 0 Å². The van der Waals surface area contributed by atoms with Gasteiger partial charge < -0.3 is 5.32 Å². The van der Waals surface area contributed by atoms with Crippen molar-refractivity contribution in [3.8, 4) is 0 Å². The van der Waals surface area contributed by atoms with Gasteiger partial charge in [0.15, 0.2) is 0 Å². The average Bonchev–Trinajstić information content (AvgIpc) is 2.91. The minimum absolute atomic E-state index is 0.0178. The molecule has 1 atom stereocenters. The molecule has 0 saturated heterocycles. The predicted octanol–water partition coefficient (Wildman–Crippen LogP) is 2.19. The van der Waals surface area contributed by atoms with Gasteiger partial charge in [-0.2, -0.15) is 5.10 Å². The number of hydrogen-bond donors (Lipinski definition) is 2. The average molecular weight is 291 g/mol. The van der Waals surface area contributed by atoms with Crippen molar-refractivity contribution in [3.05, 3.63) is 46.5 Å². The number of aromatic nitrogens is 3. The molecule has 2 heterocycles. The van der Waals surface area contributed by atoms with Gasteiger partial charge in [0.2, 0.25) is 5.91 Å². The Labute approximate surface area is 121 Å². The van der Waals surface area contributed by atoms with Crippen molar-refractivity contribution < 1.29 is 4.79 Å². The third-order valence-electron chi connectivity index (χ3n) is 3.57. The van der Waals surface area contributed by atoms with Crippen LogP contribution in [0.3, 0.4) is 0 Å². The molecule has 2 N–H and O–H groups in total. The van der Waals surface area contributed by atoms with Gasteiger partial charge in [-0.15, -0.1) is 0 Å². The molecule has 0 radical (unpaired) electrons. The summed E-state index contributed by atoms with van der Waals surface area (Å²) in [4.78, 5) is 16.1. The van der Waals surface area contributed by atoms with Crippen LogP contribution in [-0.4, -0.2) is 21.1 Å². The third-order valence-corrected chi connectivity index (χ3v) is 3.94. The third kappa shape index (κ3) is 2.67. The fourth-order valence-corrected chi connectivity index (χ4v) is 2.74. The maximum Gasteiger partial charge on any atom is 0.225 e. The maximum absolute atomic E-state index is 12.1. The molecule has 6 heteroatoms. The van der Waals surface area contributed by atoms with Gasteiger partial charge in [0.1, 0.15) is 0 Å². The number of carbonyl (C=O) groups is 1. The zero-order valence-corrected chi connectivity index (χ0v) is 11.7. The van der Waals surface area contributed by atoms with Crippen LogP contribution in [0.15, 0.2) is 24.7 Å². The number of amides is 1. The molecule has 0 aromatic carbocycles. The van der Waals surface area contributed by atoms with Gasteiger partial charge in [0.25, 0.3) is 0 Å². The maximum atomic E-state index is 12.1. The van der Waals surface area contributed by atoms with Gasteiger partial charge in [-0.3, -0.25) is 14.9 Å². The van der Waals surface area contributed by atoms with E-state index in [1.165, 1.54) is 5.56 Å². The van der Waals surface area contributed by atoms with E-state index in [4.69, 9.17) is 11.6 Å². The van der Waals surface area contributed by atoms with Crippen molar-refractivity contribution in [2.45, 2.75) is 31.7 Å². The summed E-state index contributed by atoms with van der Waals surface area (Å²) in [5.74, 6) is -0.0487. The molecule has 1 aliphatic carbocycles. The SMILES string of the molecule is O=C(Cc1cnccc1Cl)NC1CCCc2cn[nH]c21. The molecule has 1 unspecified atom stereocenters. The first-order valence-corrected chi connectivity index (χ1v) is 7.01. The van der Waals surface area contributed by atoms with E-state index in [-0.39, 0.29) is 18.4 Å². The molecule has 1 aliphatic rings. The molecule has 1 amide bonds. The minimum atomic E-state index is -0.0487. The van der Waals surface area contributed by atoms with Crippen LogP contribution in [-0.2, 0) is 17.6 Å². The highest BCUT2D eigenvalue weighted by Crippen LogP contribution is 2.27. The van der Waals surface area contributed by atoms with Gasteiger partial charge in [-0.05, 0) is 36.5 Å². The van der Waals surface area contributed by atoms with Crippen LogP contribution in [0.1, 0.15) is 35.7 Å². The molecule has 104 valence electrons. The molecule has 0 aliphatic heterocycles. The second kappa shape index (κ2) is 5.63. The smallest absolute Gasteiger partial charge is 0.225 e. The fraction of sp³-hybridized carbons (Fsp3) is 0.357. The highest BCUT2D eigenvalue weighted by atomic mass is 35.5. The van der Waals surface area contributed by atoms with Crippen molar-refractivity contribution in [2.24, 2.45) is 0 Å². The summed E-state index contributed by atoms with van der Waals surface area (Å²) in [5.41, 5.74) is 2.97. The number of rotatable bonds is 3.